The van der Waals surface area contributed by atoms with Gasteiger partial charge < -0.3 is 4.74 Å². The summed E-state index contributed by atoms with van der Waals surface area (Å²) in [5.41, 5.74) is 2.74. The van der Waals surface area contributed by atoms with Gasteiger partial charge in [-0.1, -0.05) is 26.0 Å². The third kappa shape index (κ3) is 2.92. The van der Waals surface area contributed by atoms with E-state index in [0.717, 1.165) is 11.3 Å². The molecule has 1 aromatic heterocycles. The molecule has 0 aliphatic heterocycles. The zero-order valence-corrected chi connectivity index (χ0v) is 11.3. The van der Waals surface area contributed by atoms with Gasteiger partial charge in [-0.2, -0.15) is 5.26 Å². The van der Waals surface area contributed by atoms with Crippen LogP contribution in [0.2, 0.25) is 0 Å². The van der Waals surface area contributed by atoms with Gasteiger partial charge >= 0.3 is 0 Å². The van der Waals surface area contributed by atoms with E-state index in [1.165, 1.54) is 5.56 Å². The van der Waals surface area contributed by atoms with Gasteiger partial charge in [-0.05, 0) is 36.1 Å². The Hall–Kier alpha value is -2.34. The van der Waals surface area contributed by atoms with Crippen molar-refractivity contribution in [3.8, 4) is 17.6 Å². The zero-order valence-electron chi connectivity index (χ0n) is 11.3. The molecule has 1 aromatic carbocycles. The zero-order chi connectivity index (χ0) is 13.8. The maximum Gasteiger partial charge on any atom is 0.163 e. The van der Waals surface area contributed by atoms with Crippen LogP contribution >= 0.6 is 0 Å². The van der Waals surface area contributed by atoms with Gasteiger partial charge in [0.2, 0.25) is 0 Å². The van der Waals surface area contributed by atoms with Crippen LogP contribution in [-0.4, -0.2) is 4.98 Å². The van der Waals surface area contributed by atoms with Crippen LogP contribution in [0.1, 0.15) is 36.5 Å². The summed E-state index contributed by atoms with van der Waals surface area (Å²) >= 11 is 0. The molecule has 0 radical (unpaired) electrons. The van der Waals surface area contributed by atoms with Gasteiger partial charge in [-0.15, -0.1) is 0 Å². The lowest BCUT2D eigenvalue weighted by Crippen LogP contribution is -1.94. The Morgan fingerprint density at radius 3 is 2.68 bits per heavy atom. The van der Waals surface area contributed by atoms with Crippen molar-refractivity contribution in [2.24, 2.45) is 0 Å². The Labute approximate surface area is 113 Å². The lowest BCUT2D eigenvalue weighted by molar-refractivity contribution is 0.474. The fourth-order valence-corrected chi connectivity index (χ4v) is 1.76. The molecule has 0 saturated heterocycles. The molecule has 0 amide bonds. The summed E-state index contributed by atoms with van der Waals surface area (Å²) < 4.78 is 5.84. The van der Waals surface area contributed by atoms with E-state index in [1.807, 2.05) is 19.1 Å². The van der Waals surface area contributed by atoms with Crippen LogP contribution in [0.5, 0.6) is 11.5 Å². The van der Waals surface area contributed by atoms with E-state index in [2.05, 4.69) is 31.0 Å². The van der Waals surface area contributed by atoms with Crippen LogP contribution in [0.15, 0.2) is 36.7 Å². The summed E-state index contributed by atoms with van der Waals surface area (Å²) in [6.45, 7) is 6.26. The number of hydrogen-bond donors (Lipinski definition) is 0. The molecule has 0 unspecified atom stereocenters. The molecule has 0 fully saturated rings. The minimum absolute atomic E-state index is 0.437. The van der Waals surface area contributed by atoms with Gasteiger partial charge in [0.15, 0.2) is 5.75 Å². The molecule has 0 spiro atoms. The highest BCUT2D eigenvalue weighted by atomic mass is 16.5. The van der Waals surface area contributed by atoms with Gasteiger partial charge in [0.1, 0.15) is 11.8 Å². The molecule has 0 aliphatic carbocycles. The minimum atomic E-state index is 0.437. The fourth-order valence-electron chi connectivity index (χ4n) is 1.76. The highest BCUT2D eigenvalue weighted by Crippen LogP contribution is 2.29. The first-order valence-electron chi connectivity index (χ1n) is 6.24. The summed E-state index contributed by atoms with van der Waals surface area (Å²) in [6, 6.07) is 9.91. The van der Waals surface area contributed by atoms with Gasteiger partial charge in [0, 0.05) is 6.20 Å². The van der Waals surface area contributed by atoms with Gasteiger partial charge in [0.25, 0.3) is 0 Å². The first-order chi connectivity index (χ1) is 9.11. The highest BCUT2D eigenvalue weighted by molar-refractivity contribution is 5.46. The van der Waals surface area contributed by atoms with Crippen molar-refractivity contribution in [3.63, 3.8) is 0 Å². The van der Waals surface area contributed by atoms with Crippen molar-refractivity contribution in [1.29, 1.82) is 5.26 Å². The van der Waals surface area contributed by atoms with Crippen LogP contribution in [0.25, 0.3) is 0 Å². The Balaban J connectivity index is 2.38. The molecule has 0 atom stereocenters. The number of nitrogens with zero attached hydrogens (tertiary/aromatic N) is 2. The standard InChI is InChI=1S/C16H16N2O/c1-11(2)13-5-4-12(3)15(8-13)19-16-10-18-7-6-14(16)9-17/h4-8,10-11H,1-3H3. The number of ether oxygens (including phenoxy) is 1. The quantitative estimate of drug-likeness (QED) is 0.823. The van der Waals surface area contributed by atoms with Crippen molar-refractivity contribution in [2.45, 2.75) is 26.7 Å². The van der Waals surface area contributed by atoms with E-state index in [4.69, 9.17) is 10.00 Å². The van der Waals surface area contributed by atoms with Gasteiger partial charge in [-0.3, -0.25) is 4.98 Å². The molecule has 2 aromatic rings. The molecule has 0 aliphatic rings. The first kappa shape index (κ1) is 13.1. The topological polar surface area (TPSA) is 45.9 Å². The molecular formula is C16H16N2O. The minimum Gasteiger partial charge on any atom is -0.454 e. The van der Waals surface area contributed by atoms with Crippen molar-refractivity contribution in [1.82, 2.24) is 4.98 Å². The number of rotatable bonds is 3. The number of hydrogen-bond acceptors (Lipinski definition) is 3. The van der Waals surface area contributed by atoms with E-state index in [0.29, 0.717) is 17.2 Å². The summed E-state index contributed by atoms with van der Waals surface area (Å²) in [7, 11) is 0. The number of pyridine rings is 1. The summed E-state index contributed by atoms with van der Waals surface area (Å²) in [4.78, 5) is 4.00. The monoisotopic (exact) mass is 252 g/mol. The van der Waals surface area contributed by atoms with Crippen molar-refractivity contribution in [2.75, 3.05) is 0 Å². The van der Waals surface area contributed by atoms with Gasteiger partial charge in [-0.25, -0.2) is 0 Å². The Morgan fingerprint density at radius 2 is 2.00 bits per heavy atom. The lowest BCUT2D eigenvalue weighted by Gasteiger charge is -2.12. The van der Waals surface area contributed by atoms with Crippen molar-refractivity contribution >= 4 is 0 Å². The average Bonchev–Trinajstić information content (AvgIpc) is 2.41. The van der Waals surface area contributed by atoms with Crippen LogP contribution in [-0.2, 0) is 0 Å². The van der Waals surface area contributed by atoms with E-state index >= 15 is 0 Å². The number of aryl methyl sites for hydroxylation is 1. The highest BCUT2D eigenvalue weighted by Gasteiger charge is 2.08. The predicted molar refractivity (Wildman–Crippen MR) is 74.3 cm³/mol. The molecule has 0 bridgehead atoms. The number of aromatic nitrogens is 1. The smallest absolute Gasteiger partial charge is 0.163 e. The lowest BCUT2D eigenvalue weighted by atomic mass is 10.0. The van der Waals surface area contributed by atoms with Gasteiger partial charge in [0.05, 0.1) is 11.8 Å². The molecule has 0 N–H and O–H groups in total. The largest absolute Gasteiger partial charge is 0.454 e. The average molecular weight is 252 g/mol. The summed E-state index contributed by atoms with van der Waals surface area (Å²) in [5, 5.41) is 9.05. The molecular weight excluding hydrogens is 236 g/mol. The molecule has 3 nitrogen and oxygen atoms in total. The third-order valence-corrected chi connectivity index (χ3v) is 3.00. The summed E-state index contributed by atoms with van der Waals surface area (Å²) in [6.07, 6.45) is 3.16. The maximum atomic E-state index is 9.05. The van der Waals surface area contributed by atoms with Crippen molar-refractivity contribution in [3.05, 3.63) is 53.3 Å². The first-order valence-corrected chi connectivity index (χ1v) is 6.24. The fraction of sp³-hybridized carbons (Fsp3) is 0.250. The SMILES string of the molecule is Cc1ccc(C(C)C)cc1Oc1cnccc1C#N. The van der Waals surface area contributed by atoms with E-state index in [1.54, 1.807) is 18.5 Å². The van der Waals surface area contributed by atoms with E-state index in [-0.39, 0.29) is 0 Å². The van der Waals surface area contributed by atoms with E-state index in [9.17, 15) is 0 Å². The second-order valence-electron chi connectivity index (χ2n) is 4.77. The Bertz CT molecular complexity index is 627. The molecule has 96 valence electrons. The third-order valence-electron chi connectivity index (χ3n) is 3.00. The normalized spacial score (nSPS) is 10.3. The predicted octanol–water partition coefficient (Wildman–Crippen LogP) is 4.18. The molecule has 1 heterocycles. The Morgan fingerprint density at radius 1 is 1.21 bits per heavy atom. The van der Waals surface area contributed by atoms with Crippen LogP contribution in [0.3, 0.4) is 0 Å². The molecule has 2 rings (SSSR count). The Kier molecular flexibility index (Phi) is 3.82. The second-order valence-corrected chi connectivity index (χ2v) is 4.77. The van der Waals surface area contributed by atoms with Crippen LogP contribution in [0, 0.1) is 18.3 Å². The number of benzene rings is 1. The second kappa shape index (κ2) is 5.53. The van der Waals surface area contributed by atoms with E-state index < -0.39 is 0 Å². The van der Waals surface area contributed by atoms with Crippen molar-refractivity contribution < 1.29 is 4.74 Å². The van der Waals surface area contributed by atoms with Crippen LogP contribution < -0.4 is 4.74 Å². The summed E-state index contributed by atoms with van der Waals surface area (Å²) in [5.74, 6) is 1.71. The molecule has 3 heteroatoms. The maximum absolute atomic E-state index is 9.05. The number of nitriles is 1. The molecule has 19 heavy (non-hydrogen) atoms. The van der Waals surface area contributed by atoms with Crippen LogP contribution in [0.4, 0.5) is 0 Å². The molecule has 0 saturated carbocycles.